The maximum Gasteiger partial charge on any atom is 0.433 e. The van der Waals surface area contributed by atoms with Gasteiger partial charge in [-0.15, -0.1) is 17.8 Å². The number of thioether (sulfide) groups is 1. The van der Waals surface area contributed by atoms with Crippen LogP contribution in [0.15, 0.2) is 46.0 Å². The predicted molar refractivity (Wildman–Crippen MR) is 99.6 cm³/mol. The van der Waals surface area contributed by atoms with E-state index in [1.165, 1.54) is 11.3 Å². The standard InChI is InChI=1S/C17H11F3N4S2/c1-2-7-25-16-22-14(17(18,19)20)8-15(23-16)24-21-9-13-12-6-4-3-5-11(12)10-26-13/h1,3-6,8-10H,7H2,(H,22,23,24)/b21-9+. The summed E-state index contributed by atoms with van der Waals surface area (Å²) >= 11 is 2.44. The lowest BCUT2D eigenvalue weighted by molar-refractivity contribution is -0.141. The van der Waals surface area contributed by atoms with Crippen molar-refractivity contribution in [1.29, 1.82) is 0 Å². The van der Waals surface area contributed by atoms with Crippen LogP contribution in [0.4, 0.5) is 19.0 Å². The quantitative estimate of drug-likeness (QED) is 0.221. The number of hydrogen-bond acceptors (Lipinski definition) is 6. The highest BCUT2D eigenvalue weighted by atomic mass is 32.2. The van der Waals surface area contributed by atoms with Crippen LogP contribution >= 0.6 is 23.1 Å². The van der Waals surface area contributed by atoms with Gasteiger partial charge in [-0.25, -0.2) is 9.97 Å². The molecule has 0 saturated heterocycles. The minimum Gasteiger partial charge on any atom is -0.261 e. The third-order valence-electron chi connectivity index (χ3n) is 3.18. The van der Waals surface area contributed by atoms with E-state index in [2.05, 4.69) is 26.4 Å². The molecule has 132 valence electrons. The zero-order valence-electron chi connectivity index (χ0n) is 13.1. The van der Waals surface area contributed by atoms with Crippen LogP contribution in [0.3, 0.4) is 0 Å². The van der Waals surface area contributed by atoms with Gasteiger partial charge in [0.05, 0.1) is 16.8 Å². The lowest BCUT2D eigenvalue weighted by Gasteiger charge is -2.09. The maximum atomic E-state index is 13.0. The number of fused-ring (bicyclic) bond motifs is 1. The number of nitrogens with zero attached hydrogens (tertiary/aromatic N) is 3. The van der Waals surface area contributed by atoms with E-state index in [-0.39, 0.29) is 16.7 Å². The maximum absolute atomic E-state index is 13.0. The van der Waals surface area contributed by atoms with Crippen molar-refractivity contribution in [3.63, 3.8) is 0 Å². The summed E-state index contributed by atoms with van der Waals surface area (Å²) in [6.07, 6.45) is 2.10. The molecule has 0 fully saturated rings. The van der Waals surface area contributed by atoms with Gasteiger partial charge >= 0.3 is 6.18 Å². The van der Waals surface area contributed by atoms with Crippen LogP contribution in [0.5, 0.6) is 0 Å². The Bertz CT molecular complexity index is 990. The molecule has 0 saturated carbocycles. The number of thiophene rings is 1. The molecular weight excluding hydrogens is 381 g/mol. The fourth-order valence-electron chi connectivity index (χ4n) is 2.07. The number of terminal acetylenes is 1. The fraction of sp³-hybridized carbons (Fsp3) is 0.118. The number of halogens is 3. The zero-order chi connectivity index (χ0) is 18.6. The normalized spacial score (nSPS) is 11.8. The Hall–Kier alpha value is -2.57. The second-order valence-electron chi connectivity index (χ2n) is 4.97. The highest BCUT2D eigenvalue weighted by Crippen LogP contribution is 2.30. The highest BCUT2D eigenvalue weighted by molar-refractivity contribution is 7.99. The summed E-state index contributed by atoms with van der Waals surface area (Å²) in [6, 6.07) is 8.58. The van der Waals surface area contributed by atoms with Crippen molar-refractivity contribution in [1.82, 2.24) is 9.97 Å². The van der Waals surface area contributed by atoms with E-state index in [9.17, 15) is 13.2 Å². The third-order valence-corrected chi connectivity index (χ3v) is 4.88. The third kappa shape index (κ3) is 4.33. The van der Waals surface area contributed by atoms with Gasteiger partial charge in [0.15, 0.2) is 16.7 Å². The Morgan fingerprint density at radius 1 is 1.31 bits per heavy atom. The van der Waals surface area contributed by atoms with E-state index >= 15 is 0 Å². The molecule has 1 N–H and O–H groups in total. The molecule has 3 rings (SSSR count). The Kier molecular flexibility index (Phi) is 5.44. The monoisotopic (exact) mass is 392 g/mol. The van der Waals surface area contributed by atoms with Crippen LogP contribution in [0.2, 0.25) is 0 Å². The topological polar surface area (TPSA) is 50.2 Å². The van der Waals surface area contributed by atoms with Crippen molar-refractivity contribution >= 4 is 45.9 Å². The van der Waals surface area contributed by atoms with Crippen LogP contribution in [0, 0.1) is 12.3 Å². The van der Waals surface area contributed by atoms with Gasteiger partial charge in [-0.05, 0) is 10.8 Å². The summed E-state index contributed by atoms with van der Waals surface area (Å²) < 4.78 is 39.0. The number of alkyl halides is 3. The van der Waals surface area contributed by atoms with Crippen LogP contribution in [-0.4, -0.2) is 21.9 Å². The van der Waals surface area contributed by atoms with Crippen LogP contribution in [0.25, 0.3) is 10.8 Å². The molecule has 9 heteroatoms. The molecular formula is C17H11F3N4S2. The zero-order valence-corrected chi connectivity index (χ0v) is 14.8. The van der Waals surface area contributed by atoms with E-state index in [4.69, 9.17) is 6.42 Å². The van der Waals surface area contributed by atoms with Gasteiger partial charge in [0.1, 0.15) is 0 Å². The Morgan fingerprint density at radius 2 is 2.12 bits per heavy atom. The van der Waals surface area contributed by atoms with E-state index in [0.29, 0.717) is 0 Å². The molecule has 0 aliphatic heterocycles. The summed E-state index contributed by atoms with van der Waals surface area (Å²) in [7, 11) is 0. The lowest BCUT2D eigenvalue weighted by atomic mass is 10.2. The second-order valence-corrected chi connectivity index (χ2v) is 6.82. The highest BCUT2D eigenvalue weighted by Gasteiger charge is 2.33. The van der Waals surface area contributed by atoms with Crippen LogP contribution in [-0.2, 0) is 6.18 Å². The molecule has 0 unspecified atom stereocenters. The van der Waals surface area contributed by atoms with E-state index in [1.807, 2.05) is 29.6 Å². The molecule has 0 atom stereocenters. The average molecular weight is 392 g/mol. The Balaban J connectivity index is 1.83. The Morgan fingerprint density at radius 3 is 2.88 bits per heavy atom. The largest absolute Gasteiger partial charge is 0.433 e. The summed E-state index contributed by atoms with van der Waals surface area (Å²) in [5.41, 5.74) is 1.49. The smallest absolute Gasteiger partial charge is 0.261 e. The van der Waals surface area contributed by atoms with Crippen molar-refractivity contribution in [2.45, 2.75) is 11.3 Å². The van der Waals surface area contributed by atoms with Crippen molar-refractivity contribution in [3.8, 4) is 12.3 Å². The molecule has 0 amide bonds. The number of hydrogen-bond donors (Lipinski definition) is 1. The predicted octanol–water partition coefficient (Wildman–Crippen LogP) is 4.88. The number of aromatic nitrogens is 2. The van der Waals surface area contributed by atoms with Gasteiger partial charge in [-0.2, -0.15) is 18.3 Å². The second kappa shape index (κ2) is 7.76. The number of rotatable bonds is 5. The van der Waals surface area contributed by atoms with Gasteiger partial charge in [0.2, 0.25) is 0 Å². The minimum atomic E-state index is -4.58. The molecule has 1 aromatic carbocycles. The molecule has 0 radical (unpaired) electrons. The van der Waals surface area contributed by atoms with E-state index in [0.717, 1.165) is 33.5 Å². The first-order valence-corrected chi connectivity index (χ1v) is 9.12. The van der Waals surface area contributed by atoms with Gasteiger partial charge in [0.25, 0.3) is 0 Å². The number of hydrazone groups is 1. The average Bonchev–Trinajstić information content (AvgIpc) is 3.02. The van der Waals surface area contributed by atoms with Crippen molar-refractivity contribution in [2.75, 3.05) is 11.2 Å². The van der Waals surface area contributed by atoms with E-state index < -0.39 is 11.9 Å². The summed E-state index contributed by atoms with van der Waals surface area (Å²) in [5.74, 6) is 2.45. The lowest BCUT2D eigenvalue weighted by Crippen LogP contribution is -2.10. The van der Waals surface area contributed by atoms with E-state index in [1.54, 1.807) is 6.21 Å². The van der Waals surface area contributed by atoms with Crippen molar-refractivity contribution in [2.24, 2.45) is 5.10 Å². The first-order chi connectivity index (χ1) is 12.5. The number of nitrogens with one attached hydrogen (secondary N) is 1. The van der Waals surface area contributed by atoms with Gasteiger partial charge in [-0.3, -0.25) is 5.43 Å². The first kappa shape index (κ1) is 18.2. The van der Waals surface area contributed by atoms with Gasteiger partial charge < -0.3 is 0 Å². The SMILES string of the molecule is C#CCSc1nc(N/N=C/c2scc3ccccc23)cc(C(F)(F)F)n1. The molecule has 0 aliphatic carbocycles. The molecule has 4 nitrogen and oxygen atoms in total. The molecule has 26 heavy (non-hydrogen) atoms. The first-order valence-electron chi connectivity index (χ1n) is 7.25. The molecule has 3 aromatic rings. The molecule has 0 aliphatic rings. The summed E-state index contributed by atoms with van der Waals surface area (Å²) in [4.78, 5) is 8.37. The Labute approximate surface area is 155 Å². The van der Waals surface area contributed by atoms with Crippen molar-refractivity contribution in [3.05, 3.63) is 46.3 Å². The number of benzene rings is 1. The van der Waals surface area contributed by atoms with Crippen molar-refractivity contribution < 1.29 is 13.2 Å². The van der Waals surface area contributed by atoms with Gasteiger partial charge in [0, 0.05) is 11.5 Å². The molecule has 0 spiro atoms. The van der Waals surface area contributed by atoms with Crippen LogP contribution < -0.4 is 5.43 Å². The fourth-order valence-corrected chi connectivity index (χ4v) is 3.49. The summed E-state index contributed by atoms with van der Waals surface area (Å²) in [5, 5.41) is 8.03. The molecule has 2 heterocycles. The van der Waals surface area contributed by atoms with Gasteiger partial charge in [-0.1, -0.05) is 41.9 Å². The minimum absolute atomic E-state index is 0.0519. The molecule has 0 bridgehead atoms. The van der Waals surface area contributed by atoms with Crippen LogP contribution in [0.1, 0.15) is 10.6 Å². The summed E-state index contributed by atoms with van der Waals surface area (Å²) in [6.45, 7) is 0. The molecule has 2 aromatic heterocycles. The number of anilines is 1.